The fourth-order valence-corrected chi connectivity index (χ4v) is 4.75. The maximum Gasteiger partial charge on any atom is 0.481 e. The van der Waals surface area contributed by atoms with E-state index < -0.39 is 15.6 Å². The lowest BCUT2D eigenvalue weighted by atomic mass is 10.0. The standard InChI is InChI=1S/C17H38O7P2/c1-3-5-6-7-8-9-10-11-12-13-14-15-16-17-23-26(20,21)24-25(18,19)22-4-2/h3-17H2,1-2H3,(H,18,19)(H,20,21). The summed E-state index contributed by atoms with van der Waals surface area (Å²) in [5.74, 6) is 0. The van der Waals surface area contributed by atoms with Crippen LogP contribution in [0, 0.1) is 0 Å². The van der Waals surface area contributed by atoms with E-state index in [4.69, 9.17) is 4.89 Å². The molecule has 0 amide bonds. The average molecular weight is 416 g/mol. The minimum atomic E-state index is -4.57. The minimum absolute atomic E-state index is 0.0116. The predicted molar refractivity (Wildman–Crippen MR) is 104 cm³/mol. The third-order valence-corrected chi connectivity index (χ3v) is 6.75. The maximum atomic E-state index is 11.5. The van der Waals surface area contributed by atoms with Gasteiger partial charge in [-0.1, -0.05) is 84.0 Å². The molecule has 0 aromatic rings. The molecular weight excluding hydrogens is 378 g/mol. The topological polar surface area (TPSA) is 102 Å². The summed E-state index contributed by atoms with van der Waals surface area (Å²) in [5, 5.41) is 0. The van der Waals surface area contributed by atoms with Crippen LogP contribution in [0.25, 0.3) is 0 Å². The first-order chi connectivity index (χ1) is 12.3. The van der Waals surface area contributed by atoms with Gasteiger partial charge in [-0.05, 0) is 13.3 Å². The van der Waals surface area contributed by atoms with Crippen LogP contribution in [0.3, 0.4) is 0 Å². The highest BCUT2D eigenvalue weighted by Crippen LogP contribution is 2.60. The van der Waals surface area contributed by atoms with Gasteiger partial charge in [0.1, 0.15) is 0 Å². The Bertz CT molecular complexity index is 418. The van der Waals surface area contributed by atoms with Crippen molar-refractivity contribution in [1.29, 1.82) is 0 Å². The molecule has 0 saturated carbocycles. The van der Waals surface area contributed by atoms with Gasteiger partial charge in [-0.2, -0.15) is 4.31 Å². The smallest absolute Gasteiger partial charge is 0.302 e. The second-order valence-corrected chi connectivity index (χ2v) is 9.56. The molecule has 0 rings (SSSR count). The zero-order valence-electron chi connectivity index (χ0n) is 16.4. The molecular formula is C17H38O7P2. The Kier molecular flexibility index (Phi) is 16.4. The molecule has 2 atom stereocenters. The van der Waals surface area contributed by atoms with E-state index in [0.29, 0.717) is 6.42 Å². The van der Waals surface area contributed by atoms with Gasteiger partial charge in [-0.3, -0.25) is 9.05 Å². The lowest BCUT2D eigenvalue weighted by Crippen LogP contribution is -1.98. The van der Waals surface area contributed by atoms with Crippen LogP contribution < -0.4 is 0 Å². The number of unbranched alkanes of at least 4 members (excludes halogenated alkanes) is 12. The van der Waals surface area contributed by atoms with Crippen LogP contribution in [0.1, 0.15) is 97.3 Å². The molecule has 0 aliphatic carbocycles. The normalized spacial score (nSPS) is 16.3. The Balaban J connectivity index is 3.45. The lowest BCUT2D eigenvalue weighted by Gasteiger charge is -2.15. The van der Waals surface area contributed by atoms with Crippen molar-refractivity contribution in [2.75, 3.05) is 13.2 Å². The van der Waals surface area contributed by atoms with Crippen molar-refractivity contribution < 1.29 is 32.3 Å². The molecule has 0 fully saturated rings. The highest BCUT2D eigenvalue weighted by molar-refractivity contribution is 7.61. The first-order valence-electron chi connectivity index (χ1n) is 9.99. The van der Waals surface area contributed by atoms with E-state index in [2.05, 4.69) is 20.3 Å². The van der Waals surface area contributed by atoms with Crippen LogP contribution in [0.2, 0.25) is 0 Å². The Morgan fingerprint density at radius 2 is 1.00 bits per heavy atom. The van der Waals surface area contributed by atoms with Gasteiger partial charge in [0, 0.05) is 0 Å². The molecule has 0 bridgehead atoms. The van der Waals surface area contributed by atoms with E-state index in [0.717, 1.165) is 19.3 Å². The van der Waals surface area contributed by atoms with Crippen molar-refractivity contribution in [3.8, 4) is 0 Å². The molecule has 26 heavy (non-hydrogen) atoms. The molecule has 0 spiro atoms. The zero-order chi connectivity index (χ0) is 19.7. The summed E-state index contributed by atoms with van der Waals surface area (Å²) in [6.07, 6.45) is 15.6. The van der Waals surface area contributed by atoms with Crippen molar-refractivity contribution in [1.82, 2.24) is 0 Å². The van der Waals surface area contributed by atoms with E-state index in [1.807, 2.05) is 0 Å². The highest BCUT2D eigenvalue weighted by atomic mass is 31.3. The van der Waals surface area contributed by atoms with Crippen LogP contribution in [0.5, 0.6) is 0 Å². The molecule has 0 radical (unpaired) electrons. The molecule has 0 aliphatic rings. The fraction of sp³-hybridized carbons (Fsp3) is 1.00. The predicted octanol–water partition coefficient (Wildman–Crippen LogP) is 6.35. The summed E-state index contributed by atoms with van der Waals surface area (Å²) in [7, 11) is -9.11. The second-order valence-electron chi connectivity index (χ2n) is 6.51. The summed E-state index contributed by atoms with van der Waals surface area (Å²) in [5.41, 5.74) is 0. The summed E-state index contributed by atoms with van der Waals surface area (Å²) in [6.45, 7) is 3.62. The molecule has 0 aliphatic heterocycles. The number of phosphoric ester groups is 2. The molecule has 0 saturated heterocycles. The van der Waals surface area contributed by atoms with Crippen LogP contribution in [-0.4, -0.2) is 23.0 Å². The zero-order valence-corrected chi connectivity index (χ0v) is 18.2. The first-order valence-corrected chi connectivity index (χ1v) is 13.0. The van der Waals surface area contributed by atoms with E-state index in [1.165, 1.54) is 64.7 Å². The Labute approximate surface area is 159 Å². The molecule has 9 heteroatoms. The summed E-state index contributed by atoms with van der Waals surface area (Å²) in [6, 6.07) is 0. The molecule has 7 nitrogen and oxygen atoms in total. The van der Waals surface area contributed by atoms with Gasteiger partial charge in [0.05, 0.1) is 13.2 Å². The summed E-state index contributed by atoms with van der Waals surface area (Å²) in [4.78, 5) is 18.5. The van der Waals surface area contributed by atoms with Crippen LogP contribution in [0.4, 0.5) is 0 Å². The van der Waals surface area contributed by atoms with Crippen molar-refractivity contribution in [2.24, 2.45) is 0 Å². The number of phosphoric acid groups is 2. The average Bonchev–Trinajstić information content (AvgIpc) is 2.54. The maximum absolute atomic E-state index is 11.5. The second kappa shape index (κ2) is 16.2. The minimum Gasteiger partial charge on any atom is -0.302 e. The van der Waals surface area contributed by atoms with Gasteiger partial charge in [0.25, 0.3) is 0 Å². The third kappa shape index (κ3) is 17.7. The SMILES string of the molecule is CCCCCCCCCCCCCCCOP(=O)(O)OP(=O)(O)OCC. The molecule has 0 aromatic carbocycles. The molecule has 0 aromatic heterocycles. The van der Waals surface area contributed by atoms with Crippen molar-refractivity contribution in [3.05, 3.63) is 0 Å². The molecule has 158 valence electrons. The van der Waals surface area contributed by atoms with E-state index in [9.17, 15) is 14.0 Å². The lowest BCUT2D eigenvalue weighted by molar-refractivity contribution is 0.156. The number of hydrogen-bond acceptors (Lipinski definition) is 5. The monoisotopic (exact) mass is 416 g/mol. The van der Waals surface area contributed by atoms with Gasteiger partial charge in [0.15, 0.2) is 0 Å². The summed E-state index contributed by atoms with van der Waals surface area (Å²) >= 11 is 0. The first kappa shape index (κ1) is 26.3. The van der Waals surface area contributed by atoms with Gasteiger partial charge < -0.3 is 9.79 Å². The van der Waals surface area contributed by atoms with Crippen LogP contribution >= 0.6 is 15.6 Å². The molecule has 0 heterocycles. The van der Waals surface area contributed by atoms with Crippen LogP contribution in [-0.2, 0) is 22.5 Å². The van der Waals surface area contributed by atoms with Gasteiger partial charge in [-0.15, -0.1) is 0 Å². The Morgan fingerprint density at radius 3 is 1.42 bits per heavy atom. The van der Waals surface area contributed by atoms with Gasteiger partial charge >= 0.3 is 15.6 Å². The third-order valence-electron chi connectivity index (χ3n) is 4.00. The number of hydrogen-bond donors (Lipinski definition) is 2. The molecule has 2 unspecified atom stereocenters. The Morgan fingerprint density at radius 1 is 0.615 bits per heavy atom. The quantitative estimate of drug-likeness (QED) is 0.187. The summed E-state index contributed by atoms with van der Waals surface area (Å²) < 4.78 is 36.0. The van der Waals surface area contributed by atoms with E-state index in [1.54, 1.807) is 0 Å². The number of rotatable bonds is 19. The largest absolute Gasteiger partial charge is 0.481 e. The van der Waals surface area contributed by atoms with Crippen molar-refractivity contribution in [2.45, 2.75) is 97.3 Å². The fourth-order valence-electron chi connectivity index (χ4n) is 2.64. The van der Waals surface area contributed by atoms with E-state index in [-0.39, 0.29) is 13.2 Å². The van der Waals surface area contributed by atoms with E-state index >= 15 is 0 Å². The van der Waals surface area contributed by atoms with Gasteiger partial charge in [-0.25, -0.2) is 9.13 Å². The van der Waals surface area contributed by atoms with Crippen LogP contribution in [0.15, 0.2) is 0 Å². The molecule has 2 N–H and O–H groups in total. The highest BCUT2D eigenvalue weighted by Gasteiger charge is 2.34. The Hall–Kier alpha value is 0.260. The van der Waals surface area contributed by atoms with Gasteiger partial charge in [0.2, 0.25) is 0 Å². The van der Waals surface area contributed by atoms with Crippen molar-refractivity contribution in [3.63, 3.8) is 0 Å². The van der Waals surface area contributed by atoms with Crippen molar-refractivity contribution >= 4 is 15.6 Å².